The summed E-state index contributed by atoms with van der Waals surface area (Å²) in [6.07, 6.45) is 4.85. The first-order valence-electron chi connectivity index (χ1n) is 7.10. The molecule has 1 rings (SSSR count). The molecule has 104 valence electrons. The van der Waals surface area contributed by atoms with Gasteiger partial charge in [-0.3, -0.25) is 4.79 Å². The largest absolute Gasteiger partial charge is 0.322 e. The van der Waals surface area contributed by atoms with E-state index in [1.54, 1.807) is 0 Å². The van der Waals surface area contributed by atoms with E-state index in [0.29, 0.717) is 12.3 Å². The summed E-state index contributed by atoms with van der Waals surface area (Å²) in [6, 6.07) is -0.210. The number of carbonyl (C=O) groups is 1. The van der Waals surface area contributed by atoms with Crippen molar-refractivity contribution in [3.8, 4) is 0 Å². The van der Waals surface area contributed by atoms with Crippen LogP contribution in [0.4, 0.5) is 0 Å². The molecule has 0 aliphatic carbocycles. The Morgan fingerprint density at radius 3 is 2.41 bits per heavy atom. The maximum Gasteiger partial charge on any atom is 0.149 e. The first-order valence-corrected chi connectivity index (χ1v) is 7.10. The van der Waals surface area contributed by atoms with Crippen LogP contribution in [0.2, 0.25) is 0 Å². The fraction of sp³-hybridized carbons (Fsp3) is 0.929. The maximum atomic E-state index is 11.5. The summed E-state index contributed by atoms with van der Waals surface area (Å²) in [5.41, 5.74) is 5.91. The van der Waals surface area contributed by atoms with E-state index in [0.717, 1.165) is 25.9 Å². The number of ketones is 1. The zero-order chi connectivity index (χ0) is 13.3. The summed E-state index contributed by atoms with van der Waals surface area (Å²) in [5.74, 6) is 0.911. The van der Waals surface area contributed by atoms with Gasteiger partial charge in [0.05, 0.1) is 6.04 Å². The van der Waals surface area contributed by atoms with E-state index in [1.165, 1.54) is 12.8 Å². The normalized spacial score (nSPS) is 19.4. The summed E-state index contributed by atoms with van der Waals surface area (Å²) in [5, 5.41) is 0. The van der Waals surface area contributed by atoms with Crippen molar-refractivity contribution in [1.82, 2.24) is 4.90 Å². The van der Waals surface area contributed by atoms with Gasteiger partial charge in [0.2, 0.25) is 0 Å². The van der Waals surface area contributed by atoms with Crippen molar-refractivity contribution < 1.29 is 6.22 Å². The molecular formula is C14H32N2O. The lowest BCUT2D eigenvalue weighted by Crippen LogP contribution is -2.37. The Bertz CT molecular complexity index is 204. The van der Waals surface area contributed by atoms with Gasteiger partial charge in [0.15, 0.2) is 0 Å². The number of carbonyl (C=O) groups excluding carboxylic acids is 1. The average Bonchev–Trinajstić information content (AvgIpc) is 2.35. The van der Waals surface area contributed by atoms with Crippen LogP contribution in [0.5, 0.6) is 0 Å². The number of likely N-dealkylation sites (tertiary alicyclic amines) is 1. The first-order chi connectivity index (χ1) is 8.13. The summed E-state index contributed by atoms with van der Waals surface area (Å²) in [7, 11) is 2.15. The maximum absolute atomic E-state index is 11.5. The van der Waals surface area contributed by atoms with Crippen LogP contribution in [0.25, 0.3) is 0 Å². The number of piperidine rings is 1. The zero-order valence-corrected chi connectivity index (χ0v) is 12.0. The molecule has 2 N–H and O–H groups in total. The van der Waals surface area contributed by atoms with E-state index in [-0.39, 0.29) is 13.3 Å². The van der Waals surface area contributed by atoms with Crippen molar-refractivity contribution in [2.24, 2.45) is 11.7 Å². The second-order valence-electron chi connectivity index (χ2n) is 4.81. The summed E-state index contributed by atoms with van der Waals surface area (Å²) in [4.78, 5) is 13.9. The Kier molecular flexibility index (Phi) is 9.37. The Hall–Kier alpha value is -0.410. The standard InChI is InChI=1S/C12H24N2O.C2H6.H2/c1-3-4-12(15)11(13)9-10-5-7-14(2)8-6-10;1-2;/h10-11H,3-9,13H2,1-2H3;1-2H3;1H/t11-;;/m0../s1. The molecule has 0 bridgehead atoms. The lowest BCUT2D eigenvalue weighted by atomic mass is 9.89. The van der Waals surface area contributed by atoms with Crippen LogP contribution < -0.4 is 5.73 Å². The molecular weight excluding hydrogens is 212 g/mol. The fourth-order valence-corrected chi connectivity index (χ4v) is 2.22. The molecule has 1 fully saturated rings. The molecule has 1 saturated heterocycles. The minimum atomic E-state index is -0.210. The number of rotatable bonds is 5. The minimum absolute atomic E-state index is 0. The topological polar surface area (TPSA) is 46.3 Å². The Labute approximate surface area is 108 Å². The summed E-state index contributed by atoms with van der Waals surface area (Å²) in [6.45, 7) is 8.33. The number of nitrogens with two attached hydrogens (primary N) is 1. The quantitative estimate of drug-likeness (QED) is 0.809. The van der Waals surface area contributed by atoms with Crippen LogP contribution in [-0.4, -0.2) is 36.9 Å². The van der Waals surface area contributed by atoms with Gasteiger partial charge in [0.1, 0.15) is 5.78 Å². The molecule has 1 aliphatic heterocycles. The highest BCUT2D eigenvalue weighted by atomic mass is 16.1. The molecule has 0 aromatic carbocycles. The predicted octanol–water partition coefficient (Wildman–Crippen LogP) is 2.69. The molecule has 3 heteroatoms. The van der Waals surface area contributed by atoms with Crippen LogP contribution in [0.15, 0.2) is 0 Å². The average molecular weight is 244 g/mol. The third-order valence-electron chi connectivity index (χ3n) is 3.34. The second kappa shape index (κ2) is 9.60. The van der Waals surface area contributed by atoms with Gasteiger partial charge in [-0.1, -0.05) is 20.8 Å². The molecule has 0 aromatic heterocycles. The van der Waals surface area contributed by atoms with Crippen molar-refractivity contribution >= 4 is 5.78 Å². The highest BCUT2D eigenvalue weighted by molar-refractivity contribution is 5.83. The van der Waals surface area contributed by atoms with Gasteiger partial charge in [-0.05, 0) is 51.7 Å². The molecule has 17 heavy (non-hydrogen) atoms. The molecule has 0 unspecified atom stereocenters. The molecule has 0 radical (unpaired) electrons. The third kappa shape index (κ3) is 6.79. The van der Waals surface area contributed by atoms with E-state index < -0.39 is 0 Å². The molecule has 0 saturated carbocycles. The SMILES string of the molecule is CC.CCCC(=O)[C@@H](N)CC1CCN(C)CC1.[HH]. The minimum Gasteiger partial charge on any atom is -0.322 e. The van der Waals surface area contributed by atoms with Crippen LogP contribution in [-0.2, 0) is 4.79 Å². The van der Waals surface area contributed by atoms with E-state index in [9.17, 15) is 4.79 Å². The Morgan fingerprint density at radius 1 is 1.41 bits per heavy atom. The van der Waals surface area contributed by atoms with E-state index in [2.05, 4.69) is 11.9 Å². The van der Waals surface area contributed by atoms with E-state index >= 15 is 0 Å². The van der Waals surface area contributed by atoms with Crippen LogP contribution in [0.1, 0.15) is 54.3 Å². The lowest BCUT2D eigenvalue weighted by Gasteiger charge is -2.30. The number of hydrogen-bond donors (Lipinski definition) is 1. The van der Waals surface area contributed by atoms with Crippen molar-refractivity contribution in [3.05, 3.63) is 0 Å². The molecule has 0 spiro atoms. The monoisotopic (exact) mass is 244 g/mol. The Morgan fingerprint density at radius 2 is 1.94 bits per heavy atom. The highest BCUT2D eigenvalue weighted by Crippen LogP contribution is 2.21. The summed E-state index contributed by atoms with van der Waals surface area (Å²) >= 11 is 0. The number of Topliss-reactive ketones (excluding diaryl/α,β-unsaturated/α-hetero) is 1. The number of hydrogen-bond acceptors (Lipinski definition) is 3. The third-order valence-corrected chi connectivity index (χ3v) is 3.34. The second-order valence-corrected chi connectivity index (χ2v) is 4.81. The number of nitrogens with zero attached hydrogens (tertiary/aromatic N) is 1. The molecule has 1 aliphatic rings. The van der Waals surface area contributed by atoms with Crippen LogP contribution in [0.3, 0.4) is 0 Å². The van der Waals surface area contributed by atoms with Gasteiger partial charge >= 0.3 is 0 Å². The van der Waals surface area contributed by atoms with Gasteiger partial charge in [0, 0.05) is 7.85 Å². The van der Waals surface area contributed by atoms with Crippen molar-refractivity contribution in [2.45, 2.75) is 58.9 Å². The van der Waals surface area contributed by atoms with Gasteiger partial charge in [-0.25, -0.2) is 0 Å². The molecule has 1 atom stereocenters. The van der Waals surface area contributed by atoms with Crippen LogP contribution in [0, 0.1) is 5.92 Å². The Balaban J connectivity index is 0. The highest BCUT2D eigenvalue weighted by Gasteiger charge is 2.21. The van der Waals surface area contributed by atoms with E-state index in [1.807, 2.05) is 20.8 Å². The molecule has 0 amide bonds. The van der Waals surface area contributed by atoms with Gasteiger partial charge in [-0.2, -0.15) is 0 Å². The van der Waals surface area contributed by atoms with Crippen molar-refractivity contribution in [1.29, 1.82) is 0 Å². The molecule has 1 heterocycles. The fourth-order valence-electron chi connectivity index (χ4n) is 2.22. The predicted molar refractivity (Wildman–Crippen MR) is 76.2 cm³/mol. The van der Waals surface area contributed by atoms with E-state index in [4.69, 9.17) is 5.73 Å². The first kappa shape index (κ1) is 16.6. The van der Waals surface area contributed by atoms with Gasteiger partial charge in [0.25, 0.3) is 0 Å². The summed E-state index contributed by atoms with van der Waals surface area (Å²) < 4.78 is 0. The van der Waals surface area contributed by atoms with Gasteiger partial charge < -0.3 is 10.6 Å². The lowest BCUT2D eigenvalue weighted by molar-refractivity contribution is -0.120. The van der Waals surface area contributed by atoms with Crippen molar-refractivity contribution in [3.63, 3.8) is 0 Å². The molecule has 0 aromatic rings. The zero-order valence-electron chi connectivity index (χ0n) is 12.0. The smallest absolute Gasteiger partial charge is 0.149 e. The van der Waals surface area contributed by atoms with Gasteiger partial charge in [-0.15, -0.1) is 0 Å². The molecule has 3 nitrogen and oxygen atoms in total. The van der Waals surface area contributed by atoms with Crippen molar-refractivity contribution in [2.75, 3.05) is 20.1 Å². The van der Waals surface area contributed by atoms with Crippen LogP contribution >= 0.6 is 0 Å².